The first kappa shape index (κ1) is 21.5. The molecule has 4 aromatic heterocycles. The minimum Gasteiger partial charge on any atom is -0.364 e. The highest BCUT2D eigenvalue weighted by Crippen LogP contribution is 2.36. The van der Waals surface area contributed by atoms with Gasteiger partial charge in [-0.2, -0.15) is 0 Å². The molecule has 0 aliphatic carbocycles. The third-order valence-electron chi connectivity index (χ3n) is 6.09. The molecule has 5 rings (SSSR count). The summed E-state index contributed by atoms with van der Waals surface area (Å²) in [7, 11) is 0. The smallest absolute Gasteiger partial charge is 0.265 e. The van der Waals surface area contributed by atoms with Gasteiger partial charge in [0.15, 0.2) is 5.13 Å². The van der Waals surface area contributed by atoms with Gasteiger partial charge in [0.2, 0.25) is 5.91 Å². The average molecular weight is 482 g/mol. The summed E-state index contributed by atoms with van der Waals surface area (Å²) >= 11 is 3.05. The molecule has 5 heterocycles. The van der Waals surface area contributed by atoms with Crippen LogP contribution in [0.2, 0.25) is 0 Å². The molecule has 0 radical (unpaired) electrons. The van der Waals surface area contributed by atoms with Gasteiger partial charge in [-0.15, -0.1) is 22.7 Å². The molecule has 4 N–H and O–H groups in total. The van der Waals surface area contributed by atoms with Crippen LogP contribution in [0.1, 0.15) is 33.8 Å². The molecular weight excluding hydrogens is 458 g/mol. The van der Waals surface area contributed by atoms with Crippen molar-refractivity contribution >= 4 is 55.7 Å². The second-order valence-electron chi connectivity index (χ2n) is 8.12. The van der Waals surface area contributed by atoms with Gasteiger partial charge in [0.05, 0.1) is 11.1 Å². The molecule has 0 saturated carbocycles. The summed E-state index contributed by atoms with van der Waals surface area (Å²) in [5.41, 5.74) is 8.28. The van der Waals surface area contributed by atoms with Gasteiger partial charge in [-0.05, 0) is 38.3 Å². The molecule has 1 fully saturated rings. The molecule has 0 unspecified atom stereocenters. The molecule has 0 spiro atoms. The summed E-state index contributed by atoms with van der Waals surface area (Å²) in [6.07, 6.45) is 4.80. The first-order valence-electron chi connectivity index (χ1n) is 10.6. The molecule has 4 aromatic rings. The van der Waals surface area contributed by atoms with Gasteiger partial charge in [0, 0.05) is 41.0 Å². The van der Waals surface area contributed by atoms with Crippen LogP contribution >= 0.6 is 22.7 Å². The summed E-state index contributed by atoms with van der Waals surface area (Å²) in [5, 5.41) is 6.47. The second kappa shape index (κ2) is 8.56. The second-order valence-corrected chi connectivity index (χ2v) is 10.2. The maximum atomic E-state index is 12.9. The van der Waals surface area contributed by atoms with Gasteiger partial charge >= 0.3 is 0 Å². The van der Waals surface area contributed by atoms with Crippen LogP contribution in [0.15, 0.2) is 24.0 Å². The quantitative estimate of drug-likeness (QED) is 0.398. The van der Waals surface area contributed by atoms with Crippen molar-refractivity contribution in [3.05, 3.63) is 40.1 Å². The number of fused-ring (bicyclic) bond motifs is 1. The Morgan fingerprint density at radius 1 is 1.24 bits per heavy atom. The Balaban J connectivity index is 1.23. The lowest BCUT2D eigenvalue weighted by molar-refractivity contribution is -0.120. The van der Waals surface area contributed by atoms with Crippen molar-refractivity contribution in [2.75, 3.05) is 23.3 Å². The predicted molar refractivity (Wildman–Crippen MR) is 131 cm³/mol. The van der Waals surface area contributed by atoms with Gasteiger partial charge in [-0.3, -0.25) is 9.59 Å². The van der Waals surface area contributed by atoms with Crippen LogP contribution < -0.4 is 16.0 Å². The van der Waals surface area contributed by atoms with E-state index in [4.69, 9.17) is 5.73 Å². The number of carbonyl (C=O) groups is 2. The number of H-pyrrole nitrogens is 1. The standard InChI is InChI=1S/C22H23N7O2S2/c1-11-12(2)33-21-17(11)19(25-10-26-21)29-5-3-13(4-6-29)20(31)28-22-27-16(9-32-22)14-7-15(18(23)30)24-8-14/h7-10,13,24H,3-6H2,1-2H3,(H2,23,30)(H,27,28,31). The zero-order chi connectivity index (χ0) is 23.1. The number of rotatable bonds is 5. The van der Waals surface area contributed by atoms with Gasteiger partial charge in [0.25, 0.3) is 5.91 Å². The summed E-state index contributed by atoms with van der Waals surface area (Å²) in [4.78, 5) is 45.0. The van der Waals surface area contributed by atoms with Gasteiger partial charge in [-0.1, -0.05) is 0 Å². The van der Waals surface area contributed by atoms with E-state index in [0.717, 1.165) is 47.5 Å². The average Bonchev–Trinajstić information content (AvgIpc) is 3.54. The third kappa shape index (κ3) is 4.09. The molecule has 33 heavy (non-hydrogen) atoms. The molecule has 0 bridgehead atoms. The highest BCUT2D eigenvalue weighted by atomic mass is 32.1. The number of carbonyl (C=O) groups excluding carboxylic acids is 2. The first-order chi connectivity index (χ1) is 15.9. The van der Waals surface area contributed by atoms with Crippen LogP contribution in [0.25, 0.3) is 21.5 Å². The molecular formula is C22H23N7O2S2. The number of aromatic amines is 1. The molecule has 2 amide bonds. The van der Waals surface area contributed by atoms with Crippen molar-refractivity contribution in [3.8, 4) is 11.3 Å². The van der Waals surface area contributed by atoms with Crippen LogP contribution in [0.5, 0.6) is 0 Å². The van der Waals surface area contributed by atoms with Gasteiger partial charge < -0.3 is 20.9 Å². The largest absolute Gasteiger partial charge is 0.364 e. The lowest BCUT2D eigenvalue weighted by atomic mass is 9.96. The van der Waals surface area contributed by atoms with E-state index in [0.29, 0.717) is 16.5 Å². The van der Waals surface area contributed by atoms with E-state index in [9.17, 15) is 9.59 Å². The van der Waals surface area contributed by atoms with E-state index in [1.54, 1.807) is 29.9 Å². The van der Waals surface area contributed by atoms with E-state index in [1.165, 1.54) is 21.8 Å². The lowest BCUT2D eigenvalue weighted by Crippen LogP contribution is -2.38. The first-order valence-corrected chi connectivity index (χ1v) is 12.3. The highest BCUT2D eigenvalue weighted by molar-refractivity contribution is 7.18. The number of piperidine rings is 1. The van der Waals surface area contributed by atoms with Crippen molar-refractivity contribution in [2.45, 2.75) is 26.7 Å². The fourth-order valence-electron chi connectivity index (χ4n) is 4.11. The summed E-state index contributed by atoms with van der Waals surface area (Å²) in [6.45, 7) is 5.76. The number of hydrogen-bond donors (Lipinski definition) is 3. The number of nitrogens with zero attached hydrogens (tertiary/aromatic N) is 4. The summed E-state index contributed by atoms with van der Waals surface area (Å²) < 4.78 is 0. The van der Waals surface area contributed by atoms with Crippen LogP contribution in [0, 0.1) is 19.8 Å². The lowest BCUT2D eigenvalue weighted by Gasteiger charge is -2.32. The molecule has 170 valence electrons. The maximum Gasteiger partial charge on any atom is 0.265 e. The fourth-order valence-corrected chi connectivity index (χ4v) is 5.83. The van der Waals surface area contributed by atoms with Gasteiger partial charge in [0.1, 0.15) is 22.7 Å². The number of aromatic nitrogens is 4. The monoisotopic (exact) mass is 481 g/mol. The topological polar surface area (TPSA) is 130 Å². The van der Waals surface area contributed by atoms with E-state index < -0.39 is 5.91 Å². The van der Waals surface area contributed by atoms with Crippen LogP contribution in [0.3, 0.4) is 0 Å². The van der Waals surface area contributed by atoms with Crippen LogP contribution in [-0.2, 0) is 4.79 Å². The Labute approximate surface area is 198 Å². The molecule has 11 heteroatoms. The van der Waals surface area contributed by atoms with E-state index in [-0.39, 0.29) is 11.8 Å². The van der Waals surface area contributed by atoms with Crippen molar-refractivity contribution in [2.24, 2.45) is 11.7 Å². The number of nitrogens with two attached hydrogens (primary N) is 1. The molecule has 9 nitrogen and oxygen atoms in total. The number of amides is 2. The zero-order valence-electron chi connectivity index (χ0n) is 18.2. The Hall–Kier alpha value is -3.31. The van der Waals surface area contributed by atoms with Crippen LogP contribution in [0.4, 0.5) is 10.9 Å². The Morgan fingerprint density at radius 2 is 2.03 bits per heavy atom. The van der Waals surface area contributed by atoms with Crippen LogP contribution in [-0.4, -0.2) is 44.8 Å². The number of aryl methyl sites for hydroxylation is 2. The molecule has 0 atom stereocenters. The third-order valence-corrected chi connectivity index (χ3v) is 7.96. The van der Waals surface area contributed by atoms with E-state index >= 15 is 0 Å². The van der Waals surface area contributed by atoms with E-state index in [2.05, 4.69) is 44.0 Å². The number of thiazole rings is 1. The number of hydrogen-bond acceptors (Lipinski definition) is 8. The van der Waals surface area contributed by atoms with Crippen molar-refractivity contribution < 1.29 is 9.59 Å². The van der Waals surface area contributed by atoms with Crippen molar-refractivity contribution in [1.29, 1.82) is 0 Å². The van der Waals surface area contributed by atoms with Gasteiger partial charge in [-0.25, -0.2) is 15.0 Å². The van der Waals surface area contributed by atoms with E-state index in [1.807, 2.05) is 5.38 Å². The van der Waals surface area contributed by atoms with Crippen molar-refractivity contribution in [1.82, 2.24) is 19.9 Å². The molecule has 1 saturated heterocycles. The summed E-state index contributed by atoms with van der Waals surface area (Å²) in [5.74, 6) is 0.346. The minimum absolute atomic E-state index is 0.0159. The molecule has 1 aliphatic rings. The Kier molecular flexibility index (Phi) is 5.59. The Morgan fingerprint density at radius 3 is 2.76 bits per heavy atom. The highest BCUT2D eigenvalue weighted by Gasteiger charge is 2.28. The Bertz CT molecular complexity index is 1350. The summed E-state index contributed by atoms with van der Waals surface area (Å²) in [6, 6.07) is 1.65. The van der Waals surface area contributed by atoms with Crippen molar-refractivity contribution in [3.63, 3.8) is 0 Å². The number of nitrogens with one attached hydrogen (secondary N) is 2. The zero-order valence-corrected chi connectivity index (χ0v) is 19.8. The predicted octanol–water partition coefficient (Wildman–Crippen LogP) is 3.71. The number of anilines is 2. The number of primary amides is 1. The molecule has 1 aliphatic heterocycles. The minimum atomic E-state index is -0.525. The number of thiophene rings is 1. The normalized spacial score (nSPS) is 14.7. The maximum absolute atomic E-state index is 12.9. The SMILES string of the molecule is Cc1sc2ncnc(N3CCC(C(=O)Nc4nc(-c5c[nH]c(C(N)=O)c5)cs4)CC3)c2c1C. The molecule has 0 aromatic carbocycles. The fraction of sp³-hybridized carbons (Fsp3) is 0.318.